The van der Waals surface area contributed by atoms with E-state index in [4.69, 9.17) is 5.73 Å². The van der Waals surface area contributed by atoms with Gasteiger partial charge in [0.05, 0.1) is 0 Å². The number of anilines is 1. The minimum Gasteiger partial charge on any atom is -0.399 e. The fourth-order valence-corrected chi connectivity index (χ4v) is 3.20. The molecular formula is C16H26N2. The fraction of sp³-hybridized carbons (Fsp3) is 0.625. The van der Waals surface area contributed by atoms with Gasteiger partial charge in [0.15, 0.2) is 0 Å². The van der Waals surface area contributed by atoms with Gasteiger partial charge < -0.3 is 5.73 Å². The summed E-state index contributed by atoms with van der Waals surface area (Å²) in [6.45, 7) is 4.70. The number of hydrogen-bond acceptors (Lipinski definition) is 2. The van der Waals surface area contributed by atoms with Crippen molar-refractivity contribution in [1.29, 1.82) is 0 Å². The molecule has 1 saturated carbocycles. The molecule has 1 fully saturated rings. The molecule has 3 unspecified atom stereocenters. The lowest BCUT2D eigenvalue weighted by molar-refractivity contribution is 0.104. The molecule has 2 heteroatoms. The smallest absolute Gasteiger partial charge is 0.0319 e. The fourth-order valence-electron chi connectivity index (χ4n) is 3.20. The van der Waals surface area contributed by atoms with Crippen LogP contribution in [0.4, 0.5) is 5.69 Å². The van der Waals surface area contributed by atoms with Gasteiger partial charge in [-0.15, -0.1) is 0 Å². The average Bonchev–Trinajstić information content (AvgIpc) is 2.38. The molecular weight excluding hydrogens is 220 g/mol. The zero-order chi connectivity index (χ0) is 13.1. The van der Waals surface area contributed by atoms with Crippen molar-refractivity contribution >= 4 is 5.69 Å². The molecule has 0 aliphatic heterocycles. The number of nitrogens with zero attached hydrogens (tertiary/aromatic N) is 1. The van der Waals surface area contributed by atoms with Gasteiger partial charge in [0.25, 0.3) is 0 Å². The molecule has 2 rings (SSSR count). The Balaban J connectivity index is 2.07. The lowest BCUT2D eigenvalue weighted by Crippen LogP contribution is -2.40. The van der Waals surface area contributed by atoms with Crippen LogP contribution in [0.5, 0.6) is 0 Å². The van der Waals surface area contributed by atoms with Crippen molar-refractivity contribution < 1.29 is 0 Å². The Morgan fingerprint density at radius 3 is 2.39 bits per heavy atom. The van der Waals surface area contributed by atoms with Crippen LogP contribution in [0.15, 0.2) is 24.3 Å². The maximum absolute atomic E-state index is 5.75. The number of hydrogen-bond donors (Lipinski definition) is 1. The first-order valence-corrected chi connectivity index (χ1v) is 7.17. The molecule has 0 bridgehead atoms. The summed E-state index contributed by atoms with van der Waals surface area (Å²) in [5, 5.41) is 0. The molecule has 0 amide bonds. The van der Waals surface area contributed by atoms with Crippen molar-refractivity contribution in [3.8, 4) is 0 Å². The van der Waals surface area contributed by atoms with E-state index in [2.05, 4.69) is 37.9 Å². The lowest BCUT2D eigenvalue weighted by Gasteiger charge is -2.39. The van der Waals surface area contributed by atoms with Gasteiger partial charge in [-0.25, -0.2) is 0 Å². The lowest BCUT2D eigenvalue weighted by atomic mass is 9.84. The third-order valence-corrected chi connectivity index (χ3v) is 4.62. The second kappa shape index (κ2) is 5.75. The quantitative estimate of drug-likeness (QED) is 0.821. The van der Waals surface area contributed by atoms with Crippen LogP contribution in [0.3, 0.4) is 0 Å². The van der Waals surface area contributed by atoms with Gasteiger partial charge in [0.1, 0.15) is 0 Å². The monoisotopic (exact) mass is 246 g/mol. The van der Waals surface area contributed by atoms with Crippen molar-refractivity contribution in [2.24, 2.45) is 5.92 Å². The van der Waals surface area contributed by atoms with E-state index in [-0.39, 0.29) is 0 Å². The molecule has 100 valence electrons. The van der Waals surface area contributed by atoms with E-state index in [1.54, 1.807) is 0 Å². The number of rotatable bonds is 3. The second-order valence-corrected chi connectivity index (χ2v) is 5.84. The molecule has 0 radical (unpaired) electrons. The van der Waals surface area contributed by atoms with Gasteiger partial charge >= 0.3 is 0 Å². The number of nitrogen functional groups attached to an aromatic ring is 1. The van der Waals surface area contributed by atoms with Crippen LogP contribution < -0.4 is 5.73 Å². The predicted octanol–water partition coefficient (Wildman–Crippen LogP) is 3.84. The SMILES string of the molecule is CC1CCCCC1N(C)C(C)c1ccc(N)cc1. The van der Waals surface area contributed by atoms with Gasteiger partial charge in [-0.3, -0.25) is 4.90 Å². The van der Waals surface area contributed by atoms with Gasteiger partial charge in [0, 0.05) is 17.8 Å². The van der Waals surface area contributed by atoms with Crippen molar-refractivity contribution in [2.45, 2.75) is 51.6 Å². The molecule has 1 aliphatic carbocycles. The summed E-state index contributed by atoms with van der Waals surface area (Å²) < 4.78 is 0. The second-order valence-electron chi connectivity index (χ2n) is 5.84. The molecule has 1 aromatic rings. The minimum absolute atomic E-state index is 0.469. The molecule has 0 saturated heterocycles. The van der Waals surface area contributed by atoms with E-state index in [0.717, 1.165) is 17.6 Å². The zero-order valence-electron chi connectivity index (χ0n) is 11.9. The van der Waals surface area contributed by atoms with Gasteiger partial charge in [-0.2, -0.15) is 0 Å². The van der Waals surface area contributed by atoms with Crippen LogP contribution in [0.25, 0.3) is 0 Å². The Hall–Kier alpha value is -1.02. The molecule has 0 heterocycles. The minimum atomic E-state index is 0.469. The maximum Gasteiger partial charge on any atom is 0.0319 e. The van der Waals surface area contributed by atoms with E-state index >= 15 is 0 Å². The summed E-state index contributed by atoms with van der Waals surface area (Å²) >= 11 is 0. The van der Waals surface area contributed by atoms with E-state index in [9.17, 15) is 0 Å². The van der Waals surface area contributed by atoms with Crippen molar-refractivity contribution in [1.82, 2.24) is 4.90 Å². The van der Waals surface area contributed by atoms with Crippen LogP contribution in [0, 0.1) is 5.92 Å². The van der Waals surface area contributed by atoms with Gasteiger partial charge in [-0.1, -0.05) is 31.9 Å². The van der Waals surface area contributed by atoms with E-state index in [0.29, 0.717) is 6.04 Å². The maximum atomic E-state index is 5.75. The van der Waals surface area contributed by atoms with Crippen LogP contribution in [0.2, 0.25) is 0 Å². The van der Waals surface area contributed by atoms with E-state index in [1.165, 1.54) is 31.2 Å². The number of benzene rings is 1. The van der Waals surface area contributed by atoms with Crippen LogP contribution in [-0.4, -0.2) is 18.0 Å². The number of nitrogens with two attached hydrogens (primary N) is 1. The van der Waals surface area contributed by atoms with Gasteiger partial charge in [0.2, 0.25) is 0 Å². The first-order valence-electron chi connectivity index (χ1n) is 7.17. The molecule has 0 aromatic heterocycles. The topological polar surface area (TPSA) is 29.3 Å². The molecule has 3 atom stereocenters. The highest BCUT2D eigenvalue weighted by Crippen LogP contribution is 2.32. The molecule has 2 nitrogen and oxygen atoms in total. The predicted molar refractivity (Wildman–Crippen MR) is 78.5 cm³/mol. The molecule has 2 N–H and O–H groups in total. The van der Waals surface area contributed by atoms with Crippen molar-refractivity contribution in [3.05, 3.63) is 29.8 Å². The largest absolute Gasteiger partial charge is 0.399 e. The highest BCUT2D eigenvalue weighted by Gasteiger charge is 2.27. The Kier molecular flexibility index (Phi) is 4.28. The summed E-state index contributed by atoms with van der Waals surface area (Å²) in [5.74, 6) is 0.819. The first kappa shape index (κ1) is 13.4. The summed E-state index contributed by atoms with van der Waals surface area (Å²) in [5.41, 5.74) is 7.97. The van der Waals surface area contributed by atoms with Crippen LogP contribution in [-0.2, 0) is 0 Å². The summed E-state index contributed by atoms with van der Waals surface area (Å²) in [6.07, 6.45) is 5.51. The Labute approximate surface area is 111 Å². The Bertz CT molecular complexity index is 371. The van der Waals surface area contributed by atoms with Crippen molar-refractivity contribution in [3.63, 3.8) is 0 Å². The molecule has 1 aliphatic rings. The average molecular weight is 246 g/mol. The van der Waals surface area contributed by atoms with E-state index < -0.39 is 0 Å². The third-order valence-electron chi connectivity index (χ3n) is 4.62. The Morgan fingerprint density at radius 1 is 1.17 bits per heavy atom. The van der Waals surface area contributed by atoms with Crippen LogP contribution in [0.1, 0.15) is 51.1 Å². The third kappa shape index (κ3) is 2.86. The molecule has 1 aromatic carbocycles. The normalized spacial score (nSPS) is 26.2. The highest BCUT2D eigenvalue weighted by molar-refractivity contribution is 5.40. The summed E-state index contributed by atoms with van der Waals surface area (Å²) in [4.78, 5) is 2.55. The summed E-state index contributed by atoms with van der Waals surface area (Å²) in [7, 11) is 2.27. The molecule has 18 heavy (non-hydrogen) atoms. The Morgan fingerprint density at radius 2 is 1.78 bits per heavy atom. The van der Waals surface area contributed by atoms with E-state index in [1.807, 2.05) is 12.1 Å². The van der Waals surface area contributed by atoms with Gasteiger partial charge in [-0.05, 0) is 50.4 Å². The summed E-state index contributed by atoms with van der Waals surface area (Å²) in [6, 6.07) is 9.52. The standard InChI is InChI=1S/C16H26N2/c1-12-6-4-5-7-16(12)18(3)13(2)14-8-10-15(17)11-9-14/h8-13,16H,4-7,17H2,1-3H3. The van der Waals surface area contributed by atoms with Crippen LogP contribution >= 0.6 is 0 Å². The first-order chi connectivity index (χ1) is 8.59. The highest BCUT2D eigenvalue weighted by atomic mass is 15.2. The molecule has 0 spiro atoms. The zero-order valence-corrected chi connectivity index (χ0v) is 11.9. The van der Waals surface area contributed by atoms with Crippen molar-refractivity contribution in [2.75, 3.05) is 12.8 Å².